The van der Waals surface area contributed by atoms with Gasteiger partial charge in [0, 0.05) is 23.7 Å². The molecule has 1 aromatic heterocycles. The first-order valence-corrected chi connectivity index (χ1v) is 7.05. The molecule has 102 valence electrons. The van der Waals surface area contributed by atoms with Crippen LogP contribution >= 0.6 is 11.6 Å². The van der Waals surface area contributed by atoms with E-state index in [2.05, 4.69) is 24.1 Å². The van der Waals surface area contributed by atoms with Crippen LogP contribution < -0.4 is 11.1 Å². The Labute approximate surface area is 119 Å². The minimum absolute atomic E-state index is 0.0850. The van der Waals surface area contributed by atoms with Gasteiger partial charge in [-0.1, -0.05) is 25.4 Å². The van der Waals surface area contributed by atoms with Gasteiger partial charge in [-0.3, -0.25) is 4.98 Å². The van der Waals surface area contributed by atoms with E-state index in [1.165, 1.54) is 0 Å². The molecule has 0 saturated carbocycles. The van der Waals surface area contributed by atoms with Crippen molar-refractivity contribution in [1.82, 2.24) is 4.98 Å². The molecular formula is C15H20ClN3. The van der Waals surface area contributed by atoms with Crippen molar-refractivity contribution in [1.29, 1.82) is 0 Å². The van der Waals surface area contributed by atoms with Crippen LogP contribution in [0.2, 0.25) is 5.02 Å². The van der Waals surface area contributed by atoms with E-state index in [9.17, 15) is 0 Å². The zero-order chi connectivity index (χ0) is 13.9. The third-order valence-corrected chi connectivity index (χ3v) is 4.19. The molecule has 1 heterocycles. The maximum Gasteiger partial charge on any atom is 0.0948 e. The number of anilines is 1. The minimum atomic E-state index is -0.0850. The molecule has 0 aliphatic heterocycles. The van der Waals surface area contributed by atoms with Crippen LogP contribution in [0.25, 0.3) is 10.9 Å². The van der Waals surface area contributed by atoms with Crippen molar-refractivity contribution in [2.75, 3.05) is 11.9 Å². The van der Waals surface area contributed by atoms with Gasteiger partial charge in [0.2, 0.25) is 0 Å². The van der Waals surface area contributed by atoms with E-state index >= 15 is 0 Å². The quantitative estimate of drug-likeness (QED) is 0.874. The Bertz CT molecular complexity index is 556. The summed E-state index contributed by atoms with van der Waals surface area (Å²) in [5.74, 6) is 0. The van der Waals surface area contributed by atoms with E-state index in [-0.39, 0.29) is 5.54 Å². The normalized spacial score (nSPS) is 11.8. The maximum atomic E-state index is 6.21. The highest BCUT2D eigenvalue weighted by atomic mass is 35.5. The summed E-state index contributed by atoms with van der Waals surface area (Å²) in [5.41, 5.74) is 7.75. The molecule has 0 aliphatic rings. The molecule has 3 N–H and O–H groups in total. The van der Waals surface area contributed by atoms with Gasteiger partial charge in [0.05, 0.1) is 16.2 Å². The van der Waals surface area contributed by atoms with Gasteiger partial charge in [0.1, 0.15) is 0 Å². The van der Waals surface area contributed by atoms with Crippen LogP contribution in [0, 0.1) is 0 Å². The molecule has 19 heavy (non-hydrogen) atoms. The number of nitrogens with one attached hydrogen (secondary N) is 1. The molecule has 0 atom stereocenters. The number of nitrogens with two attached hydrogens (primary N) is 1. The fraction of sp³-hybridized carbons (Fsp3) is 0.400. The zero-order valence-electron chi connectivity index (χ0n) is 11.4. The van der Waals surface area contributed by atoms with Crippen molar-refractivity contribution in [3.05, 3.63) is 35.5 Å². The molecular weight excluding hydrogens is 258 g/mol. The number of hydrogen-bond acceptors (Lipinski definition) is 3. The standard InChI is InChI=1S/C15H20ClN3/c1-3-15(4-2,10-17)19-13-8-7-12(16)11-6-5-9-18-14(11)13/h5-9,19H,3-4,10,17H2,1-2H3. The molecule has 1 aromatic carbocycles. The van der Waals surface area contributed by atoms with Crippen LogP contribution in [0.3, 0.4) is 0 Å². The van der Waals surface area contributed by atoms with Crippen LogP contribution in [0.1, 0.15) is 26.7 Å². The molecule has 0 bridgehead atoms. The van der Waals surface area contributed by atoms with Crippen molar-refractivity contribution in [2.45, 2.75) is 32.2 Å². The summed E-state index contributed by atoms with van der Waals surface area (Å²) < 4.78 is 0. The van der Waals surface area contributed by atoms with E-state index in [1.807, 2.05) is 24.3 Å². The lowest BCUT2D eigenvalue weighted by Crippen LogP contribution is -2.44. The second-order valence-corrected chi connectivity index (χ2v) is 5.22. The van der Waals surface area contributed by atoms with Crippen molar-refractivity contribution >= 4 is 28.2 Å². The number of rotatable bonds is 5. The largest absolute Gasteiger partial charge is 0.377 e. The average Bonchev–Trinajstić information content (AvgIpc) is 2.48. The Morgan fingerprint density at radius 2 is 2.00 bits per heavy atom. The van der Waals surface area contributed by atoms with Gasteiger partial charge in [0.15, 0.2) is 0 Å². The molecule has 2 aromatic rings. The van der Waals surface area contributed by atoms with Gasteiger partial charge in [0.25, 0.3) is 0 Å². The molecule has 0 amide bonds. The number of pyridine rings is 1. The molecule has 0 aliphatic carbocycles. The number of fused-ring (bicyclic) bond motifs is 1. The number of benzene rings is 1. The molecule has 0 fully saturated rings. The predicted octanol–water partition coefficient (Wildman–Crippen LogP) is 3.82. The third-order valence-electron chi connectivity index (χ3n) is 3.86. The second-order valence-electron chi connectivity index (χ2n) is 4.81. The lowest BCUT2D eigenvalue weighted by atomic mass is 9.92. The monoisotopic (exact) mass is 277 g/mol. The van der Waals surface area contributed by atoms with Gasteiger partial charge in [-0.2, -0.15) is 0 Å². The van der Waals surface area contributed by atoms with Gasteiger partial charge in [-0.25, -0.2) is 0 Å². The average molecular weight is 278 g/mol. The number of nitrogens with zero attached hydrogens (tertiary/aromatic N) is 1. The van der Waals surface area contributed by atoms with Crippen molar-refractivity contribution in [3.8, 4) is 0 Å². The number of halogens is 1. The number of hydrogen-bond donors (Lipinski definition) is 2. The van der Waals surface area contributed by atoms with E-state index in [4.69, 9.17) is 17.3 Å². The van der Waals surface area contributed by atoms with E-state index in [1.54, 1.807) is 6.20 Å². The van der Waals surface area contributed by atoms with Crippen LogP contribution in [0.4, 0.5) is 5.69 Å². The summed E-state index contributed by atoms with van der Waals surface area (Å²) in [6.45, 7) is 4.89. The highest BCUT2D eigenvalue weighted by Gasteiger charge is 2.24. The third kappa shape index (κ3) is 2.67. The van der Waals surface area contributed by atoms with Crippen LogP contribution in [-0.4, -0.2) is 17.1 Å². The smallest absolute Gasteiger partial charge is 0.0948 e. The summed E-state index contributed by atoms with van der Waals surface area (Å²) >= 11 is 6.21. The first kappa shape index (κ1) is 14.1. The topological polar surface area (TPSA) is 50.9 Å². The fourth-order valence-electron chi connectivity index (χ4n) is 2.29. The van der Waals surface area contributed by atoms with Gasteiger partial charge >= 0.3 is 0 Å². The van der Waals surface area contributed by atoms with Crippen molar-refractivity contribution in [2.24, 2.45) is 5.73 Å². The summed E-state index contributed by atoms with van der Waals surface area (Å²) in [4.78, 5) is 4.44. The Balaban J connectivity index is 2.49. The van der Waals surface area contributed by atoms with Crippen LogP contribution in [0.15, 0.2) is 30.5 Å². The highest BCUT2D eigenvalue weighted by Crippen LogP contribution is 2.31. The summed E-state index contributed by atoms with van der Waals surface area (Å²) in [5, 5.41) is 5.25. The minimum Gasteiger partial charge on any atom is -0.377 e. The predicted molar refractivity (Wildman–Crippen MR) is 82.7 cm³/mol. The molecule has 3 nitrogen and oxygen atoms in total. The fourth-order valence-corrected chi connectivity index (χ4v) is 2.51. The molecule has 4 heteroatoms. The molecule has 0 saturated heterocycles. The zero-order valence-corrected chi connectivity index (χ0v) is 12.2. The molecule has 2 rings (SSSR count). The Kier molecular flexibility index (Phi) is 4.27. The Morgan fingerprint density at radius 1 is 1.26 bits per heavy atom. The van der Waals surface area contributed by atoms with E-state index in [0.717, 1.165) is 34.5 Å². The summed E-state index contributed by atoms with van der Waals surface area (Å²) in [7, 11) is 0. The first-order valence-electron chi connectivity index (χ1n) is 6.67. The SMILES string of the molecule is CCC(CC)(CN)Nc1ccc(Cl)c2cccnc12. The second kappa shape index (κ2) is 5.76. The summed E-state index contributed by atoms with van der Waals surface area (Å²) in [6.07, 6.45) is 3.72. The van der Waals surface area contributed by atoms with Gasteiger partial charge in [-0.15, -0.1) is 0 Å². The van der Waals surface area contributed by atoms with Crippen LogP contribution in [-0.2, 0) is 0 Å². The highest BCUT2D eigenvalue weighted by molar-refractivity contribution is 6.35. The maximum absolute atomic E-state index is 6.21. The lowest BCUT2D eigenvalue weighted by Gasteiger charge is -2.33. The Hall–Kier alpha value is -1.32. The molecule has 0 unspecified atom stereocenters. The van der Waals surface area contributed by atoms with Crippen LogP contribution in [0.5, 0.6) is 0 Å². The lowest BCUT2D eigenvalue weighted by molar-refractivity contribution is 0.446. The van der Waals surface area contributed by atoms with E-state index < -0.39 is 0 Å². The van der Waals surface area contributed by atoms with E-state index in [0.29, 0.717) is 6.54 Å². The van der Waals surface area contributed by atoms with Gasteiger partial charge in [-0.05, 0) is 37.1 Å². The first-order chi connectivity index (χ1) is 9.15. The van der Waals surface area contributed by atoms with Crippen molar-refractivity contribution in [3.63, 3.8) is 0 Å². The molecule has 0 spiro atoms. The number of aromatic nitrogens is 1. The van der Waals surface area contributed by atoms with Gasteiger partial charge < -0.3 is 11.1 Å². The summed E-state index contributed by atoms with van der Waals surface area (Å²) in [6, 6.07) is 7.76. The Morgan fingerprint density at radius 3 is 2.63 bits per heavy atom. The molecule has 0 radical (unpaired) electrons. The van der Waals surface area contributed by atoms with Crippen molar-refractivity contribution < 1.29 is 0 Å².